The zero-order valence-corrected chi connectivity index (χ0v) is 86.7. The summed E-state index contributed by atoms with van der Waals surface area (Å²) in [5, 5.41) is 19.2. The summed E-state index contributed by atoms with van der Waals surface area (Å²) in [6, 6.07) is 39.8. The van der Waals surface area contributed by atoms with Gasteiger partial charge in [-0.05, 0) is 328 Å². The number of methoxy groups -OCH3 is 1. The number of benzene rings is 5. The first kappa shape index (κ1) is 105. The fourth-order valence-corrected chi connectivity index (χ4v) is 21.5. The largest absolute Gasteiger partial charge is 0.493 e. The topological polar surface area (TPSA) is 278 Å². The van der Waals surface area contributed by atoms with Crippen LogP contribution in [0.25, 0.3) is 54.5 Å². The van der Waals surface area contributed by atoms with Gasteiger partial charge < -0.3 is 93.6 Å². The van der Waals surface area contributed by atoms with Crippen LogP contribution in [0, 0.1) is 0 Å². The van der Waals surface area contributed by atoms with Crippen LogP contribution in [-0.4, -0.2) is 349 Å². The van der Waals surface area contributed by atoms with Crippen LogP contribution in [0.4, 0.5) is 20.1 Å². The molecule has 0 atom stereocenters. The van der Waals surface area contributed by atoms with E-state index in [2.05, 4.69) is 182 Å². The maximum absolute atomic E-state index is 12.5. The minimum atomic E-state index is -0.476. The number of urea groups is 1. The number of nitrogens with zero attached hydrogens (tertiary/aromatic N) is 15. The number of nitrogens with one attached hydrogen (secondary N) is 4. The Morgan fingerprint density at radius 2 is 0.713 bits per heavy atom. The van der Waals surface area contributed by atoms with Crippen LogP contribution in [-0.2, 0) is 14.3 Å². The molecule has 0 aliphatic carbocycles. The quantitative estimate of drug-likeness (QED) is 0.0387. The molecule has 10 fully saturated rings. The average Bonchev–Trinajstić information content (AvgIpc) is 1.81. The number of likely N-dealkylation sites (N-methyl/N-ethyl adjacent to an activating group) is 3. The molecular weight excluding hydrogens is 1800 g/mol. The van der Waals surface area contributed by atoms with E-state index in [1.807, 2.05) is 113 Å². The Balaban J connectivity index is 0.000000129. The van der Waals surface area contributed by atoms with Gasteiger partial charge in [-0.1, -0.05) is 6.07 Å². The number of aromatic nitrogens is 5. The van der Waals surface area contributed by atoms with Crippen LogP contribution in [0.5, 0.6) is 28.7 Å². The Morgan fingerprint density at radius 1 is 0.357 bits per heavy atom. The predicted molar refractivity (Wildman–Crippen MR) is 569 cm³/mol. The maximum Gasteiger partial charge on any atom is 0.410 e. The zero-order valence-electron chi connectivity index (χ0n) is 86.7. The molecule has 770 valence electrons. The van der Waals surface area contributed by atoms with Gasteiger partial charge in [0.15, 0.2) is 11.5 Å². The minimum Gasteiger partial charge on any atom is -0.493 e. The molecule has 20 rings (SSSR count). The summed E-state index contributed by atoms with van der Waals surface area (Å²) in [5.41, 5.74) is 11.6. The molecule has 5 amide bonds. The van der Waals surface area contributed by atoms with Crippen molar-refractivity contribution in [1.82, 2.24) is 90.3 Å². The fourth-order valence-electron chi connectivity index (χ4n) is 21.5. The van der Waals surface area contributed by atoms with Crippen LogP contribution in [0.2, 0.25) is 0 Å². The lowest BCUT2D eigenvalue weighted by Gasteiger charge is -2.34. The summed E-state index contributed by atoms with van der Waals surface area (Å²) >= 11 is 0. The van der Waals surface area contributed by atoms with Crippen LogP contribution in [0.15, 0.2) is 146 Å². The number of hydrogen-bond donors (Lipinski definition) is 4. The van der Waals surface area contributed by atoms with Crippen molar-refractivity contribution in [2.45, 2.75) is 172 Å². The Hall–Kier alpha value is -10.9. The number of anilines is 1. The first-order chi connectivity index (χ1) is 69.4. The number of piperazine rings is 3. The second-order valence-electron chi connectivity index (χ2n) is 42.2. The van der Waals surface area contributed by atoms with Crippen LogP contribution >= 0.6 is 0 Å². The lowest BCUT2D eigenvalue weighted by molar-refractivity contribution is -0.128. The monoisotopic (exact) mass is 1960 g/mol. The third kappa shape index (κ3) is 29.7. The number of rotatable bonds is 25. The molecule has 0 spiro atoms. The number of pyridine rings is 5. The number of piperidine rings is 5. The van der Waals surface area contributed by atoms with E-state index in [0.717, 1.165) is 249 Å². The molecule has 0 unspecified atom stereocenters. The zero-order chi connectivity index (χ0) is 99.6. The second-order valence-corrected chi connectivity index (χ2v) is 42.2. The molecule has 15 heterocycles. The highest BCUT2D eigenvalue weighted by Gasteiger charge is 2.34. The highest BCUT2D eigenvalue weighted by Crippen LogP contribution is 2.42. The van der Waals surface area contributed by atoms with E-state index in [1.54, 1.807) is 16.9 Å². The molecule has 10 saturated heterocycles. The van der Waals surface area contributed by atoms with Crippen molar-refractivity contribution in [3.63, 3.8) is 0 Å². The third-order valence-corrected chi connectivity index (χ3v) is 29.8. The summed E-state index contributed by atoms with van der Waals surface area (Å²) in [7, 11) is 8.26. The summed E-state index contributed by atoms with van der Waals surface area (Å²) in [4.78, 5) is 93.2. The second kappa shape index (κ2) is 51.2. The summed E-state index contributed by atoms with van der Waals surface area (Å²) in [6.07, 6.45) is 23.6. The fraction of sp³-hybridized carbons (Fsp3) is 0.566. The minimum absolute atomic E-state index is 0.0602. The first-order valence-electron chi connectivity index (χ1n) is 53.1. The summed E-state index contributed by atoms with van der Waals surface area (Å²) in [6.45, 7) is 43.3. The van der Waals surface area contributed by atoms with Gasteiger partial charge in [0.05, 0.1) is 54.5 Å². The standard InChI is InChI=1S/C28H42N4O4.C22H28N4O3.C22H32N4O.C21H30N4O.C20H25N3O2/c1-28(2,3)36-27(33)32-12-8-21(9-13-32)22-7-10-29-24-20-26(25(34-5)19-23(22)24)35-18-6-11-31-16-14-30(4)15-17-31;1-22(2,3)29-21(28)25-11-7-15(8-12-25)17-6-9-23-19-14-16(4-5-18(17)19)26-13-10-24-20(26)27;1-25-12-14-26(15-13-25)11-2-16-27-19-3-4-21-20(7-10-24-22(21)17-19)18-5-8-23-9-6-18;1-24-10-12-25(13-11-24)14-15-26-18-2-3-20-19(6-9-23-21(20)16-18)17-4-7-22-8-5-17;24-20-2-1-11-23(20)12-13-25-16-3-4-18-17(7-10-22-19(18)14-16)15-5-8-21-9-6-15/h7,10,19-21H,6,8-9,11-18H2,1-5H3;4-6,9,14-15H,7-8,10-13H2,1-3H3,(H,24,27);3-4,7,10,17-18,23H,2,5-6,8-9,11-16H2,1H3;2-3,6,9,16-17,22H,4-5,7-8,10-15H2,1H3;3-4,7,10,14-15,21H,1-2,5-6,8-9,11-13H2. The normalized spacial score (nSPS) is 19.2. The van der Waals surface area contributed by atoms with Gasteiger partial charge >= 0.3 is 18.2 Å². The van der Waals surface area contributed by atoms with Crippen molar-refractivity contribution >= 4 is 84.3 Å². The van der Waals surface area contributed by atoms with Crippen molar-refractivity contribution < 1.29 is 52.3 Å². The van der Waals surface area contributed by atoms with E-state index < -0.39 is 11.2 Å². The van der Waals surface area contributed by atoms with Gasteiger partial charge in [-0.2, -0.15) is 0 Å². The van der Waals surface area contributed by atoms with Crippen molar-refractivity contribution in [3.05, 3.63) is 174 Å². The van der Waals surface area contributed by atoms with Crippen LogP contribution in [0.1, 0.15) is 189 Å². The van der Waals surface area contributed by atoms with Crippen molar-refractivity contribution in [3.8, 4) is 28.7 Å². The smallest absolute Gasteiger partial charge is 0.410 e. The van der Waals surface area contributed by atoms with Crippen molar-refractivity contribution in [1.29, 1.82) is 0 Å². The molecule has 0 saturated carbocycles. The molecule has 10 aromatic rings. The Labute approximate surface area is 846 Å². The van der Waals surface area contributed by atoms with Gasteiger partial charge in [0.1, 0.15) is 41.7 Å². The van der Waals surface area contributed by atoms with Crippen LogP contribution in [0.3, 0.4) is 0 Å². The molecule has 10 aliphatic rings. The number of likely N-dealkylation sites (tertiary alicyclic amines) is 3. The van der Waals surface area contributed by atoms with Gasteiger partial charge in [0.25, 0.3) is 0 Å². The number of carbonyl (C=O) groups is 4. The van der Waals surface area contributed by atoms with Gasteiger partial charge in [0, 0.05) is 238 Å². The van der Waals surface area contributed by atoms with E-state index in [9.17, 15) is 19.2 Å². The van der Waals surface area contributed by atoms with Gasteiger partial charge in [0.2, 0.25) is 5.91 Å². The number of fused-ring (bicyclic) bond motifs is 5. The first-order valence-corrected chi connectivity index (χ1v) is 53.1. The van der Waals surface area contributed by atoms with Gasteiger partial charge in [-0.25, -0.2) is 14.4 Å². The molecule has 10 aliphatic heterocycles. The average molecular weight is 1960 g/mol. The Kier molecular flexibility index (Phi) is 37.6. The lowest BCUT2D eigenvalue weighted by atomic mass is 9.87. The van der Waals surface area contributed by atoms with E-state index in [1.165, 1.54) is 109 Å². The number of amides is 5. The van der Waals surface area contributed by atoms with Crippen LogP contribution < -0.4 is 49.9 Å². The van der Waals surface area contributed by atoms with Crippen molar-refractivity contribution in [2.24, 2.45) is 0 Å². The summed E-state index contributed by atoms with van der Waals surface area (Å²) < 4.78 is 40.8. The van der Waals surface area contributed by atoms with Crippen molar-refractivity contribution in [2.75, 3.05) is 249 Å². The Bertz CT molecular complexity index is 5790. The number of hydrogen-bond acceptors (Lipinski definition) is 25. The number of ether oxygens (including phenoxy) is 7. The molecule has 0 radical (unpaired) electrons. The summed E-state index contributed by atoms with van der Waals surface area (Å²) in [5.74, 6) is 7.06. The van der Waals surface area contributed by atoms with Gasteiger partial charge in [-0.3, -0.25) is 39.5 Å². The van der Waals surface area contributed by atoms with E-state index in [-0.39, 0.29) is 24.1 Å². The predicted octanol–water partition coefficient (Wildman–Crippen LogP) is 16.0. The highest BCUT2D eigenvalue weighted by atomic mass is 16.6. The molecule has 5 aromatic carbocycles. The molecule has 4 N–H and O–H groups in total. The Morgan fingerprint density at radius 3 is 1.09 bits per heavy atom. The van der Waals surface area contributed by atoms with E-state index in [0.29, 0.717) is 95.0 Å². The molecular formula is C113H157N19O11. The maximum atomic E-state index is 12.5. The number of carbonyl (C=O) groups excluding carboxylic acids is 4. The molecule has 30 nitrogen and oxygen atoms in total. The molecule has 5 aromatic heterocycles. The third-order valence-electron chi connectivity index (χ3n) is 29.8. The molecule has 143 heavy (non-hydrogen) atoms. The van der Waals surface area contributed by atoms with E-state index in [4.69, 9.17) is 33.2 Å². The molecule has 0 bridgehead atoms. The highest BCUT2D eigenvalue weighted by molar-refractivity contribution is 5.97. The SMILES string of the molecule is CC(C)(C)OC(=O)N1CCC(c2ccnc3cc(N4CCNC4=O)ccc23)CC1.CN1CCN(CCCOc2ccc3c(C4CCNCC4)ccnc3c2)CC1.CN1CCN(CCOc2ccc3c(C4CCNCC4)ccnc3c2)CC1.COc1cc2c(C3CCN(C(=O)OC(C)(C)C)CC3)ccnc2cc1OCCCN1CCN(C)CC1.O=C1CCCN1CCOc1ccc2c(C3CCNCC3)ccnc2c1. The van der Waals surface area contributed by atoms with E-state index >= 15 is 0 Å². The lowest BCUT2D eigenvalue weighted by Crippen LogP contribution is -2.45. The van der Waals surface area contributed by atoms with Gasteiger partial charge in [-0.15, -0.1) is 0 Å². The molecule has 30 heteroatoms.